The Morgan fingerprint density at radius 3 is 2.58 bits per heavy atom. The Labute approximate surface area is 151 Å². The van der Waals surface area contributed by atoms with Crippen LogP contribution in [0.3, 0.4) is 0 Å². The van der Waals surface area contributed by atoms with E-state index >= 15 is 0 Å². The summed E-state index contributed by atoms with van der Waals surface area (Å²) in [5, 5.41) is 4.09. The van der Waals surface area contributed by atoms with Crippen molar-refractivity contribution in [2.45, 2.75) is 13.0 Å². The summed E-state index contributed by atoms with van der Waals surface area (Å²) in [7, 11) is 0. The fourth-order valence-electron chi connectivity index (χ4n) is 3.15. The lowest BCUT2D eigenvalue weighted by Gasteiger charge is -2.36. The van der Waals surface area contributed by atoms with Crippen LogP contribution in [0.4, 0.5) is 0 Å². The maximum Gasteiger partial charge on any atom is 0.257 e. The number of nitrogens with zero attached hydrogens (tertiary/aromatic N) is 4. The first-order valence-electron chi connectivity index (χ1n) is 8.67. The maximum atomic E-state index is 12.4. The summed E-state index contributed by atoms with van der Waals surface area (Å²) < 4.78 is 10.5. The van der Waals surface area contributed by atoms with Crippen molar-refractivity contribution in [2.75, 3.05) is 26.2 Å². The molecule has 2 aromatic heterocycles. The third-order valence-corrected chi connectivity index (χ3v) is 4.75. The van der Waals surface area contributed by atoms with E-state index < -0.39 is 0 Å². The van der Waals surface area contributed by atoms with E-state index in [0.717, 1.165) is 18.7 Å². The normalized spacial score (nSPS) is 16.6. The summed E-state index contributed by atoms with van der Waals surface area (Å²) in [6.07, 6.45) is 3.01. The largest absolute Gasteiger partial charge is 0.472 e. The van der Waals surface area contributed by atoms with Gasteiger partial charge in [0.1, 0.15) is 6.26 Å². The van der Waals surface area contributed by atoms with Crippen molar-refractivity contribution in [1.29, 1.82) is 0 Å². The SMILES string of the molecule is CC(c1nc(-c2ccccc2)no1)N1CCN(C(=O)c2ccoc2)CC1. The quantitative estimate of drug-likeness (QED) is 0.719. The Balaban J connectivity index is 1.39. The number of amides is 1. The fourth-order valence-corrected chi connectivity index (χ4v) is 3.15. The van der Waals surface area contributed by atoms with Crippen LogP contribution in [0.15, 0.2) is 57.9 Å². The molecule has 1 aliphatic heterocycles. The Morgan fingerprint density at radius 2 is 1.88 bits per heavy atom. The van der Waals surface area contributed by atoms with Gasteiger partial charge in [0.05, 0.1) is 17.9 Å². The summed E-state index contributed by atoms with van der Waals surface area (Å²) in [5.74, 6) is 1.20. The van der Waals surface area contributed by atoms with Gasteiger partial charge in [-0.1, -0.05) is 35.5 Å². The minimum Gasteiger partial charge on any atom is -0.472 e. The second-order valence-electron chi connectivity index (χ2n) is 6.34. The van der Waals surface area contributed by atoms with Crippen molar-refractivity contribution in [3.63, 3.8) is 0 Å². The highest BCUT2D eigenvalue weighted by Gasteiger charge is 2.28. The van der Waals surface area contributed by atoms with Crippen molar-refractivity contribution in [3.8, 4) is 11.4 Å². The third kappa shape index (κ3) is 3.25. The number of piperazine rings is 1. The number of benzene rings is 1. The number of hydrogen-bond donors (Lipinski definition) is 0. The Kier molecular flexibility index (Phi) is 4.53. The van der Waals surface area contributed by atoms with Gasteiger partial charge < -0.3 is 13.8 Å². The molecule has 7 heteroatoms. The molecule has 1 saturated heterocycles. The predicted molar refractivity (Wildman–Crippen MR) is 94.3 cm³/mol. The molecule has 134 valence electrons. The Morgan fingerprint density at radius 1 is 1.12 bits per heavy atom. The molecule has 0 aliphatic carbocycles. The van der Waals surface area contributed by atoms with E-state index in [0.29, 0.717) is 30.4 Å². The van der Waals surface area contributed by atoms with Gasteiger partial charge in [0.25, 0.3) is 5.91 Å². The lowest BCUT2D eigenvalue weighted by molar-refractivity contribution is 0.0551. The molecule has 1 atom stereocenters. The van der Waals surface area contributed by atoms with Gasteiger partial charge in [-0.3, -0.25) is 9.69 Å². The Hall–Kier alpha value is -2.93. The highest BCUT2D eigenvalue weighted by Crippen LogP contribution is 2.23. The highest BCUT2D eigenvalue weighted by molar-refractivity contribution is 5.93. The second-order valence-corrected chi connectivity index (χ2v) is 6.34. The van der Waals surface area contributed by atoms with Gasteiger partial charge in [-0.05, 0) is 13.0 Å². The van der Waals surface area contributed by atoms with Gasteiger partial charge in [-0.15, -0.1) is 0 Å². The standard InChI is InChI=1S/C19H20N4O3/c1-14(18-20-17(21-26-18)15-5-3-2-4-6-15)22-8-10-23(11-9-22)19(24)16-7-12-25-13-16/h2-7,12-14H,8-11H2,1H3. The first-order valence-corrected chi connectivity index (χ1v) is 8.67. The fraction of sp³-hybridized carbons (Fsp3) is 0.316. The van der Waals surface area contributed by atoms with Crippen LogP contribution < -0.4 is 0 Å². The van der Waals surface area contributed by atoms with Crippen molar-refractivity contribution >= 4 is 5.91 Å². The van der Waals surface area contributed by atoms with Crippen molar-refractivity contribution in [1.82, 2.24) is 19.9 Å². The number of rotatable bonds is 4. The summed E-state index contributed by atoms with van der Waals surface area (Å²) in [5.41, 5.74) is 1.53. The van der Waals surface area contributed by atoms with Gasteiger partial charge in [-0.2, -0.15) is 4.98 Å². The van der Waals surface area contributed by atoms with Crippen LogP contribution in [0.25, 0.3) is 11.4 Å². The molecule has 3 aromatic rings. The number of furan rings is 1. The molecule has 0 bridgehead atoms. The first kappa shape index (κ1) is 16.5. The van der Waals surface area contributed by atoms with E-state index in [9.17, 15) is 4.79 Å². The van der Waals surface area contributed by atoms with Crippen LogP contribution in [0.5, 0.6) is 0 Å². The predicted octanol–water partition coefficient (Wildman–Crippen LogP) is 2.85. The van der Waals surface area contributed by atoms with Crippen LogP contribution in [0.1, 0.15) is 29.2 Å². The van der Waals surface area contributed by atoms with Crippen molar-refractivity contribution in [3.05, 3.63) is 60.4 Å². The summed E-state index contributed by atoms with van der Waals surface area (Å²) >= 11 is 0. The average Bonchev–Trinajstić information content (AvgIpc) is 3.40. The Bertz CT molecular complexity index is 852. The molecule has 1 aromatic carbocycles. The number of aromatic nitrogens is 2. The van der Waals surface area contributed by atoms with E-state index in [-0.39, 0.29) is 11.9 Å². The topological polar surface area (TPSA) is 75.6 Å². The zero-order valence-electron chi connectivity index (χ0n) is 14.5. The monoisotopic (exact) mass is 352 g/mol. The number of carbonyl (C=O) groups excluding carboxylic acids is 1. The molecule has 26 heavy (non-hydrogen) atoms. The highest BCUT2D eigenvalue weighted by atomic mass is 16.5. The van der Waals surface area contributed by atoms with Crippen LogP contribution in [-0.2, 0) is 0 Å². The molecule has 0 spiro atoms. The van der Waals surface area contributed by atoms with Gasteiger partial charge in [0, 0.05) is 31.7 Å². The van der Waals surface area contributed by atoms with Crippen LogP contribution >= 0.6 is 0 Å². The van der Waals surface area contributed by atoms with Crippen LogP contribution in [0, 0.1) is 0 Å². The lowest BCUT2D eigenvalue weighted by atomic mass is 10.2. The molecule has 1 fully saturated rings. The van der Waals surface area contributed by atoms with Crippen molar-refractivity contribution < 1.29 is 13.7 Å². The molecule has 4 rings (SSSR count). The maximum absolute atomic E-state index is 12.4. The molecule has 1 unspecified atom stereocenters. The van der Waals surface area contributed by atoms with E-state index in [1.807, 2.05) is 35.2 Å². The summed E-state index contributed by atoms with van der Waals surface area (Å²) in [6.45, 7) is 4.89. The van der Waals surface area contributed by atoms with E-state index in [1.165, 1.54) is 12.5 Å². The molecule has 1 amide bonds. The molecular formula is C19H20N4O3. The van der Waals surface area contributed by atoms with Gasteiger partial charge in [0.15, 0.2) is 0 Å². The lowest BCUT2D eigenvalue weighted by Crippen LogP contribution is -2.49. The molecule has 7 nitrogen and oxygen atoms in total. The van der Waals surface area contributed by atoms with Crippen molar-refractivity contribution in [2.24, 2.45) is 0 Å². The summed E-state index contributed by atoms with van der Waals surface area (Å²) in [4.78, 5) is 21.0. The van der Waals surface area contributed by atoms with Crippen LogP contribution in [-0.4, -0.2) is 52.0 Å². The second kappa shape index (κ2) is 7.13. The third-order valence-electron chi connectivity index (χ3n) is 4.75. The molecular weight excluding hydrogens is 332 g/mol. The van der Waals surface area contributed by atoms with Gasteiger partial charge in [-0.25, -0.2) is 0 Å². The number of hydrogen-bond acceptors (Lipinski definition) is 6. The summed E-state index contributed by atoms with van der Waals surface area (Å²) in [6, 6.07) is 11.5. The number of carbonyl (C=O) groups is 1. The minimum atomic E-state index is 0.00568. The first-order chi connectivity index (χ1) is 12.7. The average molecular weight is 352 g/mol. The zero-order valence-corrected chi connectivity index (χ0v) is 14.5. The van der Waals surface area contributed by atoms with E-state index in [4.69, 9.17) is 8.94 Å². The smallest absolute Gasteiger partial charge is 0.257 e. The molecule has 0 N–H and O–H groups in total. The molecule has 0 saturated carbocycles. The van der Waals surface area contributed by atoms with E-state index in [2.05, 4.69) is 22.0 Å². The molecule has 1 aliphatic rings. The van der Waals surface area contributed by atoms with Gasteiger partial charge in [0.2, 0.25) is 11.7 Å². The zero-order chi connectivity index (χ0) is 17.9. The molecule has 3 heterocycles. The minimum absolute atomic E-state index is 0.00568. The van der Waals surface area contributed by atoms with E-state index in [1.54, 1.807) is 6.07 Å². The molecule has 0 radical (unpaired) electrons. The van der Waals surface area contributed by atoms with Crippen LogP contribution in [0.2, 0.25) is 0 Å². The van der Waals surface area contributed by atoms with Gasteiger partial charge >= 0.3 is 0 Å².